The molecule has 0 aromatic heterocycles. The fourth-order valence-electron chi connectivity index (χ4n) is 2.18. The van der Waals surface area contributed by atoms with Crippen molar-refractivity contribution in [3.05, 3.63) is 23.8 Å². The van der Waals surface area contributed by atoms with Crippen LogP contribution in [0.5, 0.6) is 0 Å². The van der Waals surface area contributed by atoms with Gasteiger partial charge in [-0.3, -0.25) is 0 Å². The molecule has 0 saturated heterocycles. The van der Waals surface area contributed by atoms with Crippen molar-refractivity contribution in [3.8, 4) is 0 Å². The molecule has 0 amide bonds. The van der Waals surface area contributed by atoms with E-state index < -0.39 is 5.97 Å². The van der Waals surface area contributed by atoms with Gasteiger partial charge >= 0.3 is 5.97 Å². The molecule has 2 unspecified atom stereocenters. The number of hydrogen-bond acceptors (Lipinski definition) is 1. The number of hydrogen-bond donors (Lipinski definition) is 1. The van der Waals surface area contributed by atoms with Crippen molar-refractivity contribution in [3.63, 3.8) is 0 Å². The molecule has 0 aromatic carbocycles. The molecule has 0 spiro atoms. The van der Waals surface area contributed by atoms with E-state index in [1.165, 1.54) is 0 Å². The van der Waals surface area contributed by atoms with Crippen LogP contribution in [-0.4, -0.2) is 11.1 Å². The average molecular weight is 164 g/mol. The Morgan fingerprint density at radius 3 is 3.17 bits per heavy atom. The zero-order chi connectivity index (χ0) is 8.55. The van der Waals surface area contributed by atoms with Gasteiger partial charge in [-0.15, -0.1) is 0 Å². The first kappa shape index (κ1) is 7.59. The van der Waals surface area contributed by atoms with Crippen LogP contribution in [0, 0.1) is 11.8 Å². The van der Waals surface area contributed by atoms with Gasteiger partial charge in [0, 0.05) is 11.5 Å². The summed E-state index contributed by atoms with van der Waals surface area (Å²) in [6.45, 7) is 0. The third-order valence-electron chi connectivity index (χ3n) is 2.80. The first-order valence-electron chi connectivity index (χ1n) is 4.39. The lowest BCUT2D eigenvalue weighted by Crippen LogP contribution is -2.20. The summed E-state index contributed by atoms with van der Waals surface area (Å²) in [6.07, 6.45) is 9.18. The summed E-state index contributed by atoms with van der Waals surface area (Å²) in [5, 5.41) is 8.88. The maximum absolute atomic E-state index is 10.8. The van der Waals surface area contributed by atoms with E-state index in [0.29, 0.717) is 11.5 Å². The second kappa shape index (κ2) is 2.77. The van der Waals surface area contributed by atoms with Gasteiger partial charge in [-0.1, -0.05) is 18.2 Å². The topological polar surface area (TPSA) is 37.3 Å². The molecule has 0 radical (unpaired) electrons. The van der Waals surface area contributed by atoms with E-state index in [2.05, 4.69) is 6.08 Å². The third kappa shape index (κ3) is 1.07. The minimum Gasteiger partial charge on any atom is -0.478 e. The smallest absolute Gasteiger partial charge is 0.331 e. The monoisotopic (exact) mass is 164 g/mol. The molecule has 2 aliphatic rings. The van der Waals surface area contributed by atoms with Crippen LogP contribution in [0.2, 0.25) is 0 Å². The maximum Gasteiger partial charge on any atom is 0.331 e. The van der Waals surface area contributed by atoms with E-state index >= 15 is 0 Å². The molecule has 2 rings (SSSR count). The van der Waals surface area contributed by atoms with Gasteiger partial charge in [0.15, 0.2) is 0 Å². The molecular weight excluding hydrogens is 152 g/mol. The van der Waals surface area contributed by atoms with Crippen molar-refractivity contribution >= 4 is 5.97 Å². The third-order valence-corrected chi connectivity index (χ3v) is 2.80. The van der Waals surface area contributed by atoms with Crippen LogP contribution in [0.25, 0.3) is 0 Å². The second-order valence-electron chi connectivity index (χ2n) is 3.49. The summed E-state index contributed by atoms with van der Waals surface area (Å²) in [5.74, 6) is 0.0357. The fourth-order valence-corrected chi connectivity index (χ4v) is 2.18. The van der Waals surface area contributed by atoms with Crippen LogP contribution in [0.3, 0.4) is 0 Å². The zero-order valence-electron chi connectivity index (χ0n) is 6.86. The molecule has 2 heteroatoms. The Labute approximate surface area is 71.6 Å². The van der Waals surface area contributed by atoms with E-state index in [9.17, 15) is 4.79 Å². The number of carbonyl (C=O) groups is 1. The SMILES string of the molecule is O=C(O)C1=CCCC2CC=CC12. The van der Waals surface area contributed by atoms with E-state index in [1.807, 2.05) is 12.2 Å². The summed E-state index contributed by atoms with van der Waals surface area (Å²) in [6, 6.07) is 0. The Bertz CT molecular complexity index is 263. The molecule has 0 aliphatic heterocycles. The number of allylic oxidation sites excluding steroid dienone is 3. The maximum atomic E-state index is 10.8. The van der Waals surface area contributed by atoms with Crippen LogP contribution in [0.1, 0.15) is 19.3 Å². The molecule has 0 saturated carbocycles. The highest BCUT2D eigenvalue weighted by molar-refractivity contribution is 5.88. The number of aliphatic carboxylic acids is 1. The summed E-state index contributed by atoms with van der Waals surface area (Å²) < 4.78 is 0. The van der Waals surface area contributed by atoms with Crippen molar-refractivity contribution in [2.75, 3.05) is 0 Å². The highest BCUT2D eigenvalue weighted by Gasteiger charge is 2.31. The molecule has 1 N–H and O–H groups in total. The van der Waals surface area contributed by atoms with E-state index in [1.54, 1.807) is 0 Å². The quantitative estimate of drug-likeness (QED) is 0.602. The van der Waals surface area contributed by atoms with Crippen LogP contribution in [0.4, 0.5) is 0 Å². The predicted octanol–water partition coefficient (Wildman–Crippen LogP) is 1.98. The van der Waals surface area contributed by atoms with Gasteiger partial charge in [-0.25, -0.2) is 4.79 Å². The fraction of sp³-hybridized carbons (Fsp3) is 0.500. The van der Waals surface area contributed by atoms with Crippen LogP contribution >= 0.6 is 0 Å². The summed E-state index contributed by atoms with van der Waals surface area (Å²) in [4.78, 5) is 10.8. The van der Waals surface area contributed by atoms with Crippen LogP contribution in [0.15, 0.2) is 23.8 Å². The van der Waals surface area contributed by atoms with Gasteiger partial charge in [0.25, 0.3) is 0 Å². The lowest BCUT2D eigenvalue weighted by Gasteiger charge is -2.23. The Balaban J connectivity index is 2.26. The first-order valence-corrected chi connectivity index (χ1v) is 4.39. The molecule has 0 fully saturated rings. The molecule has 0 bridgehead atoms. The summed E-state index contributed by atoms with van der Waals surface area (Å²) >= 11 is 0. The second-order valence-corrected chi connectivity index (χ2v) is 3.49. The molecule has 2 aliphatic carbocycles. The molecule has 12 heavy (non-hydrogen) atoms. The normalized spacial score (nSPS) is 32.8. The number of carboxylic acids is 1. The Morgan fingerprint density at radius 2 is 2.42 bits per heavy atom. The highest BCUT2D eigenvalue weighted by atomic mass is 16.4. The van der Waals surface area contributed by atoms with Gasteiger partial charge < -0.3 is 5.11 Å². The van der Waals surface area contributed by atoms with Gasteiger partial charge in [0.1, 0.15) is 0 Å². The Hall–Kier alpha value is -1.05. The van der Waals surface area contributed by atoms with Crippen molar-refractivity contribution in [2.24, 2.45) is 11.8 Å². The van der Waals surface area contributed by atoms with Crippen molar-refractivity contribution < 1.29 is 9.90 Å². The molecular formula is C10H12O2. The minimum absolute atomic E-state index is 0.205. The summed E-state index contributed by atoms with van der Waals surface area (Å²) in [5.41, 5.74) is 0.611. The molecule has 0 heterocycles. The molecule has 2 nitrogen and oxygen atoms in total. The Kier molecular flexibility index (Phi) is 1.75. The molecule has 2 atom stereocenters. The minimum atomic E-state index is -0.740. The average Bonchev–Trinajstić information content (AvgIpc) is 2.49. The lowest BCUT2D eigenvalue weighted by molar-refractivity contribution is -0.133. The van der Waals surface area contributed by atoms with Gasteiger partial charge in [-0.05, 0) is 25.2 Å². The zero-order valence-corrected chi connectivity index (χ0v) is 6.86. The predicted molar refractivity (Wildman–Crippen MR) is 45.7 cm³/mol. The van der Waals surface area contributed by atoms with E-state index in [-0.39, 0.29) is 5.92 Å². The standard InChI is InChI=1S/C10H12O2/c11-10(12)9-6-2-4-7-3-1-5-8(7)9/h1,5-8H,2-4H2,(H,11,12). The largest absolute Gasteiger partial charge is 0.478 e. The number of carboxylic acid groups (broad SMARTS) is 1. The summed E-state index contributed by atoms with van der Waals surface area (Å²) in [7, 11) is 0. The first-order chi connectivity index (χ1) is 5.79. The van der Waals surface area contributed by atoms with Crippen molar-refractivity contribution in [2.45, 2.75) is 19.3 Å². The van der Waals surface area contributed by atoms with E-state index in [0.717, 1.165) is 19.3 Å². The van der Waals surface area contributed by atoms with Gasteiger partial charge in [0.2, 0.25) is 0 Å². The highest BCUT2D eigenvalue weighted by Crippen LogP contribution is 2.38. The van der Waals surface area contributed by atoms with Crippen molar-refractivity contribution in [1.82, 2.24) is 0 Å². The number of fused-ring (bicyclic) bond motifs is 1. The van der Waals surface area contributed by atoms with Gasteiger partial charge in [-0.2, -0.15) is 0 Å². The lowest BCUT2D eigenvalue weighted by atomic mass is 9.80. The number of rotatable bonds is 1. The van der Waals surface area contributed by atoms with Crippen LogP contribution < -0.4 is 0 Å². The van der Waals surface area contributed by atoms with E-state index in [4.69, 9.17) is 5.11 Å². The Morgan fingerprint density at radius 1 is 1.58 bits per heavy atom. The molecule has 0 aromatic rings. The van der Waals surface area contributed by atoms with Crippen molar-refractivity contribution in [1.29, 1.82) is 0 Å². The van der Waals surface area contributed by atoms with Crippen LogP contribution in [-0.2, 0) is 4.79 Å². The van der Waals surface area contributed by atoms with Gasteiger partial charge in [0.05, 0.1) is 0 Å². The molecule has 64 valence electrons.